The number of aromatic nitrogens is 1. The molecule has 1 saturated heterocycles. The highest BCUT2D eigenvalue weighted by Crippen LogP contribution is 2.25. The number of ether oxygens (including phenoxy) is 2. The van der Waals surface area contributed by atoms with Crippen LogP contribution in [0.3, 0.4) is 0 Å². The molecule has 1 N–H and O–H groups in total. The first kappa shape index (κ1) is 19.3. The summed E-state index contributed by atoms with van der Waals surface area (Å²) in [6.45, 7) is 4.43. The Morgan fingerprint density at radius 1 is 1.24 bits per heavy atom. The van der Waals surface area contributed by atoms with Gasteiger partial charge in [-0.15, -0.1) is 0 Å². The van der Waals surface area contributed by atoms with Gasteiger partial charge >= 0.3 is 0 Å². The van der Waals surface area contributed by atoms with Crippen LogP contribution in [0.1, 0.15) is 29.7 Å². The van der Waals surface area contributed by atoms with E-state index in [2.05, 4.69) is 17.2 Å². The lowest BCUT2D eigenvalue weighted by molar-refractivity contribution is 0.0695. The summed E-state index contributed by atoms with van der Waals surface area (Å²) in [7, 11) is 1.64. The molecule has 152 valence electrons. The van der Waals surface area contributed by atoms with Gasteiger partial charge < -0.3 is 24.1 Å². The second-order valence-corrected chi connectivity index (χ2v) is 7.10. The van der Waals surface area contributed by atoms with Crippen molar-refractivity contribution in [3.8, 4) is 11.5 Å². The van der Waals surface area contributed by atoms with Gasteiger partial charge in [0.15, 0.2) is 12.3 Å². The van der Waals surface area contributed by atoms with Gasteiger partial charge in [-0.3, -0.25) is 4.79 Å². The first-order chi connectivity index (χ1) is 14.2. The topological polar surface area (TPSA) is 76.8 Å². The number of amides is 1. The maximum absolute atomic E-state index is 12.7. The van der Waals surface area contributed by atoms with Crippen molar-refractivity contribution in [3.63, 3.8) is 0 Å². The minimum atomic E-state index is -0.0993. The predicted octanol–water partition coefficient (Wildman–Crippen LogP) is 3.24. The lowest BCUT2D eigenvalue weighted by atomic mass is 10.1. The maximum atomic E-state index is 12.7. The van der Waals surface area contributed by atoms with Gasteiger partial charge in [-0.1, -0.05) is 19.1 Å². The van der Waals surface area contributed by atoms with Crippen LogP contribution in [-0.2, 0) is 6.61 Å². The Kier molecular flexibility index (Phi) is 5.67. The number of rotatable bonds is 6. The van der Waals surface area contributed by atoms with E-state index < -0.39 is 0 Å². The van der Waals surface area contributed by atoms with Gasteiger partial charge in [0, 0.05) is 25.7 Å². The maximum Gasteiger partial charge on any atom is 0.275 e. The van der Waals surface area contributed by atoms with Crippen LogP contribution in [0.5, 0.6) is 11.5 Å². The van der Waals surface area contributed by atoms with Crippen molar-refractivity contribution in [2.75, 3.05) is 26.7 Å². The summed E-state index contributed by atoms with van der Waals surface area (Å²) < 4.78 is 16.5. The summed E-state index contributed by atoms with van der Waals surface area (Å²) in [6.07, 6.45) is 2.40. The van der Waals surface area contributed by atoms with E-state index in [9.17, 15) is 4.79 Å². The fourth-order valence-electron chi connectivity index (χ4n) is 3.49. The van der Waals surface area contributed by atoms with Crippen molar-refractivity contribution in [1.29, 1.82) is 0 Å². The van der Waals surface area contributed by atoms with E-state index in [0.717, 1.165) is 29.5 Å². The molecule has 1 amide bonds. The largest absolute Gasteiger partial charge is 0.497 e. The lowest BCUT2D eigenvalue weighted by Crippen LogP contribution is -2.52. The molecule has 1 aliphatic heterocycles. The number of nitrogens with one attached hydrogen (secondary N) is 1. The Morgan fingerprint density at radius 3 is 2.83 bits per heavy atom. The predicted molar refractivity (Wildman–Crippen MR) is 109 cm³/mol. The van der Waals surface area contributed by atoms with E-state index in [-0.39, 0.29) is 12.5 Å². The number of methoxy groups -OCH3 is 1. The SMILES string of the molecule is CCC1CN(C(=O)c2coc(COc3ccc4ccc(OC)cc4c3)n2)CCN1. The van der Waals surface area contributed by atoms with Gasteiger partial charge in [0.1, 0.15) is 17.8 Å². The highest BCUT2D eigenvalue weighted by atomic mass is 16.5. The van der Waals surface area contributed by atoms with Crippen LogP contribution >= 0.6 is 0 Å². The second kappa shape index (κ2) is 8.53. The van der Waals surface area contributed by atoms with Crippen molar-refractivity contribution >= 4 is 16.7 Å². The number of hydrogen-bond donors (Lipinski definition) is 1. The van der Waals surface area contributed by atoms with Crippen LogP contribution in [-0.4, -0.2) is 48.6 Å². The van der Waals surface area contributed by atoms with Crippen molar-refractivity contribution in [2.24, 2.45) is 0 Å². The molecule has 1 unspecified atom stereocenters. The van der Waals surface area contributed by atoms with E-state index in [4.69, 9.17) is 13.9 Å². The number of hydrogen-bond acceptors (Lipinski definition) is 6. The normalized spacial score (nSPS) is 16.8. The molecule has 0 bridgehead atoms. The highest BCUT2D eigenvalue weighted by molar-refractivity contribution is 5.92. The van der Waals surface area contributed by atoms with E-state index >= 15 is 0 Å². The molecule has 4 rings (SSSR count). The average Bonchev–Trinajstić information content (AvgIpc) is 3.25. The average molecular weight is 395 g/mol. The molecule has 29 heavy (non-hydrogen) atoms. The molecule has 7 nitrogen and oxygen atoms in total. The highest BCUT2D eigenvalue weighted by Gasteiger charge is 2.25. The Hall–Kier alpha value is -3.06. The summed E-state index contributed by atoms with van der Waals surface area (Å²) in [4.78, 5) is 18.8. The van der Waals surface area contributed by atoms with Gasteiger partial charge in [-0.25, -0.2) is 4.98 Å². The minimum Gasteiger partial charge on any atom is -0.497 e. The third-order valence-corrected chi connectivity index (χ3v) is 5.19. The third kappa shape index (κ3) is 4.35. The first-order valence-corrected chi connectivity index (χ1v) is 9.84. The van der Waals surface area contributed by atoms with Crippen LogP contribution in [0.25, 0.3) is 10.8 Å². The molecule has 7 heteroatoms. The Labute approximate surface area is 169 Å². The molecule has 0 aliphatic carbocycles. The molecule has 1 fully saturated rings. The number of nitrogens with zero attached hydrogens (tertiary/aromatic N) is 2. The molecular weight excluding hydrogens is 370 g/mol. The molecule has 1 atom stereocenters. The number of oxazole rings is 1. The zero-order valence-corrected chi connectivity index (χ0v) is 16.7. The first-order valence-electron chi connectivity index (χ1n) is 9.84. The van der Waals surface area contributed by atoms with Gasteiger partial charge in [0.05, 0.1) is 7.11 Å². The molecule has 1 aliphatic rings. The molecule has 2 heterocycles. The monoisotopic (exact) mass is 395 g/mol. The number of carbonyl (C=O) groups is 1. The van der Waals surface area contributed by atoms with Crippen LogP contribution in [0.2, 0.25) is 0 Å². The molecular formula is C22H25N3O4. The number of fused-ring (bicyclic) bond motifs is 1. The summed E-state index contributed by atoms with van der Waals surface area (Å²) in [5.74, 6) is 1.77. The summed E-state index contributed by atoms with van der Waals surface area (Å²) >= 11 is 0. The zero-order valence-electron chi connectivity index (χ0n) is 16.7. The summed E-state index contributed by atoms with van der Waals surface area (Å²) in [5, 5.41) is 5.53. The van der Waals surface area contributed by atoms with Crippen molar-refractivity contribution in [2.45, 2.75) is 26.0 Å². The van der Waals surface area contributed by atoms with Crippen LogP contribution < -0.4 is 14.8 Å². The fourth-order valence-corrected chi connectivity index (χ4v) is 3.49. The third-order valence-electron chi connectivity index (χ3n) is 5.19. The summed E-state index contributed by atoms with van der Waals surface area (Å²) in [5.41, 5.74) is 0.323. The smallest absolute Gasteiger partial charge is 0.275 e. The molecule has 0 spiro atoms. The number of carbonyl (C=O) groups excluding carboxylic acids is 1. The minimum absolute atomic E-state index is 0.0993. The molecule has 0 radical (unpaired) electrons. The van der Waals surface area contributed by atoms with Gasteiger partial charge in [-0.2, -0.15) is 0 Å². The molecule has 0 saturated carbocycles. The van der Waals surface area contributed by atoms with Gasteiger partial charge in [-0.05, 0) is 41.5 Å². The quantitative estimate of drug-likeness (QED) is 0.691. The van der Waals surface area contributed by atoms with Crippen molar-refractivity contribution in [1.82, 2.24) is 15.2 Å². The standard InChI is InChI=1S/C22H25N3O4/c1-3-17-12-25(9-8-23-17)22(26)20-13-29-21(24-20)14-28-19-7-5-15-4-6-18(27-2)10-16(15)11-19/h4-7,10-11,13,17,23H,3,8-9,12,14H2,1-2H3. The van der Waals surface area contributed by atoms with E-state index in [1.165, 1.54) is 6.26 Å². The van der Waals surface area contributed by atoms with Crippen LogP contribution in [0.4, 0.5) is 0 Å². The molecule has 1 aromatic heterocycles. The van der Waals surface area contributed by atoms with Gasteiger partial charge in [0.2, 0.25) is 5.89 Å². The molecule has 2 aromatic carbocycles. The molecule has 3 aromatic rings. The lowest BCUT2D eigenvalue weighted by Gasteiger charge is -2.32. The Balaban J connectivity index is 1.40. The van der Waals surface area contributed by atoms with Crippen LogP contribution in [0.15, 0.2) is 47.1 Å². The van der Waals surface area contributed by atoms with Crippen LogP contribution in [0, 0.1) is 0 Å². The summed E-state index contributed by atoms with van der Waals surface area (Å²) in [6, 6.07) is 12.0. The zero-order chi connectivity index (χ0) is 20.2. The fraction of sp³-hybridized carbons (Fsp3) is 0.364. The second-order valence-electron chi connectivity index (χ2n) is 7.10. The van der Waals surface area contributed by atoms with Gasteiger partial charge in [0.25, 0.3) is 5.91 Å². The van der Waals surface area contributed by atoms with Crippen molar-refractivity contribution in [3.05, 3.63) is 54.2 Å². The van der Waals surface area contributed by atoms with E-state index in [0.29, 0.717) is 36.5 Å². The van der Waals surface area contributed by atoms with E-state index in [1.807, 2.05) is 41.3 Å². The number of benzene rings is 2. The van der Waals surface area contributed by atoms with Crippen molar-refractivity contribution < 1.29 is 18.7 Å². The Morgan fingerprint density at radius 2 is 2.03 bits per heavy atom. The Bertz CT molecular complexity index is 1000. The number of piperazine rings is 1. The van der Waals surface area contributed by atoms with E-state index in [1.54, 1.807) is 7.11 Å².